The normalized spacial score (nSPS) is 10.5. The van der Waals surface area contributed by atoms with Gasteiger partial charge in [0.15, 0.2) is 0 Å². The van der Waals surface area contributed by atoms with Crippen LogP contribution in [0.15, 0.2) is 12.7 Å². The summed E-state index contributed by atoms with van der Waals surface area (Å²) in [6.07, 6.45) is 3.02. The molecule has 0 atom stereocenters. The summed E-state index contributed by atoms with van der Waals surface area (Å²) in [6.45, 7) is 1.81. The second-order valence-corrected chi connectivity index (χ2v) is 1.91. The van der Waals surface area contributed by atoms with Crippen molar-refractivity contribution in [1.29, 1.82) is 0 Å². The van der Waals surface area contributed by atoms with E-state index in [9.17, 15) is 0 Å². The number of rotatable bonds is 0. The Morgan fingerprint density at radius 1 is 1.50 bits per heavy atom. The standard InChI is InChI=1S/C5H5N5/c1-4-8-5-7-2-6-3-10(5)9-4/h2-3H,1H3. The molecule has 0 amide bonds. The molecule has 50 valence electrons. The van der Waals surface area contributed by atoms with Gasteiger partial charge < -0.3 is 0 Å². The molecule has 0 aliphatic rings. The zero-order valence-electron chi connectivity index (χ0n) is 5.39. The topological polar surface area (TPSA) is 56.0 Å². The van der Waals surface area contributed by atoms with Crippen molar-refractivity contribution in [2.24, 2.45) is 0 Å². The summed E-state index contributed by atoms with van der Waals surface area (Å²) in [5, 5.41) is 3.99. The fraction of sp³-hybridized carbons (Fsp3) is 0.200. The highest BCUT2D eigenvalue weighted by molar-refractivity contribution is 5.22. The number of aromatic nitrogens is 5. The van der Waals surface area contributed by atoms with Gasteiger partial charge in [-0.05, 0) is 6.92 Å². The van der Waals surface area contributed by atoms with Crippen LogP contribution < -0.4 is 0 Å². The fourth-order valence-corrected chi connectivity index (χ4v) is 0.762. The van der Waals surface area contributed by atoms with Gasteiger partial charge in [0.05, 0.1) is 0 Å². The van der Waals surface area contributed by atoms with E-state index in [2.05, 4.69) is 20.1 Å². The van der Waals surface area contributed by atoms with E-state index in [1.807, 2.05) is 6.92 Å². The number of fused-ring (bicyclic) bond motifs is 1. The summed E-state index contributed by atoms with van der Waals surface area (Å²) >= 11 is 0. The minimum atomic E-state index is 0.590. The van der Waals surface area contributed by atoms with E-state index in [1.54, 1.807) is 6.33 Å². The Balaban J connectivity index is 2.88. The SMILES string of the molecule is Cc1nc2ncncn2n1. The number of aryl methyl sites for hydroxylation is 1. The van der Waals surface area contributed by atoms with Gasteiger partial charge in [-0.2, -0.15) is 14.5 Å². The molecule has 2 rings (SSSR count). The summed E-state index contributed by atoms with van der Waals surface area (Å²) in [4.78, 5) is 11.7. The minimum Gasteiger partial charge on any atom is -0.225 e. The van der Waals surface area contributed by atoms with Crippen molar-refractivity contribution in [3.63, 3.8) is 0 Å². The molecule has 0 saturated heterocycles. The molecule has 0 saturated carbocycles. The van der Waals surface area contributed by atoms with E-state index in [0.29, 0.717) is 11.6 Å². The van der Waals surface area contributed by atoms with Gasteiger partial charge in [-0.25, -0.2) is 4.98 Å². The molecule has 0 fully saturated rings. The third-order valence-corrected chi connectivity index (χ3v) is 1.14. The van der Waals surface area contributed by atoms with Crippen LogP contribution in [0.5, 0.6) is 0 Å². The first-order chi connectivity index (χ1) is 4.86. The van der Waals surface area contributed by atoms with Crippen molar-refractivity contribution in [3.8, 4) is 0 Å². The summed E-state index contributed by atoms with van der Waals surface area (Å²) in [7, 11) is 0. The summed E-state index contributed by atoms with van der Waals surface area (Å²) in [5.41, 5.74) is 0. The number of hydrogen-bond acceptors (Lipinski definition) is 4. The highest BCUT2D eigenvalue weighted by Gasteiger charge is 1.96. The first-order valence-corrected chi connectivity index (χ1v) is 2.85. The van der Waals surface area contributed by atoms with E-state index in [1.165, 1.54) is 10.8 Å². The molecule has 0 aliphatic heterocycles. The predicted octanol–water partition coefficient (Wildman–Crippen LogP) is -0.172. The molecule has 2 aromatic rings. The molecule has 0 spiro atoms. The van der Waals surface area contributed by atoms with E-state index < -0.39 is 0 Å². The average Bonchev–Trinajstić information content (AvgIpc) is 2.27. The van der Waals surface area contributed by atoms with Gasteiger partial charge in [0.25, 0.3) is 5.78 Å². The zero-order valence-corrected chi connectivity index (χ0v) is 5.39. The number of nitrogens with zero attached hydrogens (tertiary/aromatic N) is 5. The second-order valence-electron chi connectivity index (χ2n) is 1.91. The third kappa shape index (κ3) is 0.637. The summed E-state index contributed by atoms with van der Waals surface area (Å²) < 4.78 is 1.54. The largest absolute Gasteiger partial charge is 0.255 e. The molecule has 5 heteroatoms. The van der Waals surface area contributed by atoms with Crippen molar-refractivity contribution in [2.45, 2.75) is 6.92 Å². The van der Waals surface area contributed by atoms with Gasteiger partial charge in [0.1, 0.15) is 18.5 Å². The van der Waals surface area contributed by atoms with Crippen LogP contribution in [0.3, 0.4) is 0 Å². The Labute approximate surface area is 56.8 Å². The van der Waals surface area contributed by atoms with E-state index in [0.717, 1.165) is 0 Å². The fourth-order valence-electron chi connectivity index (χ4n) is 0.762. The lowest BCUT2D eigenvalue weighted by molar-refractivity contribution is 0.875. The quantitative estimate of drug-likeness (QED) is 0.503. The maximum absolute atomic E-state index is 4.01. The predicted molar refractivity (Wildman–Crippen MR) is 33.3 cm³/mol. The van der Waals surface area contributed by atoms with Gasteiger partial charge in [-0.3, -0.25) is 0 Å². The molecule has 2 heterocycles. The molecular formula is C5H5N5. The average molecular weight is 135 g/mol. The van der Waals surface area contributed by atoms with Crippen LogP contribution in [0.25, 0.3) is 5.78 Å². The Hall–Kier alpha value is -1.52. The smallest absolute Gasteiger partial charge is 0.225 e. The Bertz CT molecular complexity index is 319. The lowest BCUT2D eigenvalue weighted by atomic mass is 10.8. The van der Waals surface area contributed by atoms with Crippen LogP contribution in [-0.4, -0.2) is 24.6 Å². The molecule has 0 aliphatic carbocycles. The first-order valence-electron chi connectivity index (χ1n) is 2.85. The van der Waals surface area contributed by atoms with E-state index in [4.69, 9.17) is 0 Å². The van der Waals surface area contributed by atoms with Crippen molar-refractivity contribution in [1.82, 2.24) is 24.6 Å². The molecule has 0 aromatic carbocycles. The molecular weight excluding hydrogens is 130 g/mol. The van der Waals surface area contributed by atoms with Crippen LogP contribution in [0.2, 0.25) is 0 Å². The molecule has 10 heavy (non-hydrogen) atoms. The lowest BCUT2D eigenvalue weighted by Gasteiger charge is -1.82. The van der Waals surface area contributed by atoms with Crippen molar-refractivity contribution >= 4 is 5.78 Å². The monoisotopic (exact) mass is 135 g/mol. The van der Waals surface area contributed by atoms with Crippen LogP contribution in [0.4, 0.5) is 0 Å². The van der Waals surface area contributed by atoms with E-state index in [-0.39, 0.29) is 0 Å². The van der Waals surface area contributed by atoms with Crippen LogP contribution >= 0.6 is 0 Å². The van der Waals surface area contributed by atoms with Crippen molar-refractivity contribution in [3.05, 3.63) is 18.5 Å². The minimum absolute atomic E-state index is 0.590. The Morgan fingerprint density at radius 3 is 3.20 bits per heavy atom. The second kappa shape index (κ2) is 1.73. The molecule has 2 aromatic heterocycles. The van der Waals surface area contributed by atoms with Gasteiger partial charge >= 0.3 is 0 Å². The van der Waals surface area contributed by atoms with Crippen LogP contribution in [0.1, 0.15) is 5.82 Å². The highest BCUT2D eigenvalue weighted by atomic mass is 15.3. The molecule has 0 bridgehead atoms. The van der Waals surface area contributed by atoms with Crippen molar-refractivity contribution < 1.29 is 0 Å². The van der Waals surface area contributed by atoms with Gasteiger partial charge in [-0.1, -0.05) is 0 Å². The summed E-state index contributed by atoms with van der Waals surface area (Å²) in [6, 6.07) is 0. The van der Waals surface area contributed by atoms with Crippen molar-refractivity contribution in [2.75, 3.05) is 0 Å². The maximum atomic E-state index is 4.01. The molecule has 0 unspecified atom stereocenters. The Kier molecular flexibility index (Phi) is 0.913. The first kappa shape index (κ1) is 5.28. The lowest BCUT2D eigenvalue weighted by Crippen LogP contribution is -1.90. The van der Waals surface area contributed by atoms with Gasteiger partial charge in [0.2, 0.25) is 0 Å². The molecule has 5 nitrogen and oxygen atoms in total. The third-order valence-electron chi connectivity index (χ3n) is 1.14. The van der Waals surface area contributed by atoms with Gasteiger partial charge in [-0.15, -0.1) is 5.10 Å². The molecule has 0 N–H and O–H groups in total. The zero-order chi connectivity index (χ0) is 6.97. The maximum Gasteiger partial charge on any atom is 0.255 e. The summed E-state index contributed by atoms with van der Waals surface area (Å²) in [5.74, 6) is 1.30. The van der Waals surface area contributed by atoms with Crippen LogP contribution in [-0.2, 0) is 0 Å². The highest BCUT2D eigenvalue weighted by Crippen LogP contribution is 1.91. The Morgan fingerprint density at radius 2 is 2.40 bits per heavy atom. The van der Waals surface area contributed by atoms with E-state index >= 15 is 0 Å². The number of hydrogen-bond donors (Lipinski definition) is 0. The van der Waals surface area contributed by atoms with Crippen LogP contribution in [0, 0.1) is 6.92 Å². The molecule has 0 radical (unpaired) electrons. The van der Waals surface area contributed by atoms with Gasteiger partial charge in [0, 0.05) is 0 Å².